The molecule has 2 heterocycles. The van der Waals surface area contributed by atoms with Crippen LogP contribution in [0.4, 0.5) is 5.82 Å². The SMILES string of the molecule is Clc1cc(NCc2ccccn2)ncn1. The molecule has 0 aliphatic heterocycles. The van der Waals surface area contributed by atoms with E-state index < -0.39 is 0 Å². The Hall–Kier alpha value is -1.68. The standard InChI is InChI=1S/C10H9ClN4/c11-9-5-10(15-7-14-9)13-6-8-3-1-2-4-12-8/h1-5,7H,6H2,(H,13,14,15). The van der Waals surface area contributed by atoms with Gasteiger partial charge < -0.3 is 5.32 Å². The lowest BCUT2D eigenvalue weighted by molar-refractivity contribution is 1.02. The van der Waals surface area contributed by atoms with Gasteiger partial charge in [-0.25, -0.2) is 9.97 Å². The maximum atomic E-state index is 5.72. The van der Waals surface area contributed by atoms with Gasteiger partial charge in [-0.2, -0.15) is 0 Å². The second-order valence-electron chi connectivity index (χ2n) is 2.90. The van der Waals surface area contributed by atoms with E-state index in [2.05, 4.69) is 20.3 Å². The van der Waals surface area contributed by atoms with Gasteiger partial charge in [-0.05, 0) is 12.1 Å². The fraction of sp³-hybridized carbons (Fsp3) is 0.100. The number of aromatic nitrogens is 3. The fourth-order valence-corrected chi connectivity index (χ4v) is 1.26. The summed E-state index contributed by atoms with van der Waals surface area (Å²) in [6.45, 7) is 0.619. The van der Waals surface area contributed by atoms with Gasteiger partial charge in [0.25, 0.3) is 0 Å². The van der Waals surface area contributed by atoms with Crippen LogP contribution in [-0.2, 0) is 6.54 Å². The first-order chi connectivity index (χ1) is 7.34. The van der Waals surface area contributed by atoms with Crippen LogP contribution in [0.25, 0.3) is 0 Å². The first-order valence-electron chi connectivity index (χ1n) is 4.46. The quantitative estimate of drug-likeness (QED) is 0.806. The van der Waals surface area contributed by atoms with Crippen molar-refractivity contribution in [3.8, 4) is 0 Å². The lowest BCUT2D eigenvalue weighted by Crippen LogP contribution is -2.02. The topological polar surface area (TPSA) is 50.7 Å². The smallest absolute Gasteiger partial charge is 0.134 e. The zero-order valence-electron chi connectivity index (χ0n) is 7.89. The summed E-state index contributed by atoms with van der Waals surface area (Å²) in [7, 11) is 0. The van der Waals surface area contributed by atoms with E-state index in [4.69, 9.17) is 11.6 Å². The van der Waals surface area contributed by atoms with Crippen molar-refractivity contribution in [3.05, 3.63) is 47.6 Å². The number of hydrogen-bond acceptors (Lipinski definition) is 4. The minimum atomic E-state index is 0.425. The van der Waals surface area contributed by atoms with Gasteiger partial charge in [0.1, 0.15) is 17.3 Å². The summed E-state index contributed by atoms with van der Waals surface area (Å²) < 4.78 is 0. The Labute approximate surface area is 92.4 Å². The lowest BCUT2D eigenvalue weighted by Gasteiger charge is -2.04. The molecule has 0 spiro atoms. The Bertz CT molecular complexity index is 432. The average molecular weight is 221 g/mol. The zero-order chi connectivity index (χ0) is 10.5. The van der Waals surface area contributed by atoms with Crippen LogP contribution in [0.15, 0.2) is 36.8 Å². The maximum absolute atomic E-state index is 5.72. The molecular weight excluding hydrogens is 212 g/mol. The number of hydrogen-bond donors (Lipinski definition) is 1. The number of nitrogens with zero attached hydrogens (tertiary/aromatic N) is 3. The van der Waals surface area contributed by atoms with Gasteiger partial charge in [-0.1, -0.05) is 17.7 Å². The van der Waals surface area contributed by atoms with Crippen LogP contribution in [0, 0.1) is 0 Å². The van der Waals surface area contributed by atoms with Crippen LogP contribution in [0.5, 0.6) is 0 Å². The molecule has 0 radical (unpaired) electrons. The Balaban J connectivity index is 1.99. The molecule has 0 bridgehead atoms. The molecule has 0 saturated carbocycles. The van der Waals surface area contributed by atoms with Gasteiger partial charge >= 0.3 is 0 Å². The molecule has 0 saturated heterocycles. The Morgan fingerprint density at radius 2 is 2.13 bits per heavy atom. The maximum Gasteiger partial charge on any atom is 0.134 e. The molecule has 0 fully saturated rings. The molecule has 5 heteroatoms. The normalized spacial score (nSPS) is 9.93. The molecule has 0 atom stereocenters. The van der Waals surface area contributed by atoms with E-state index >= 15 is 0 Å². The van der Waals surface area contributed by atoms with Crippen LogP contribution < -0.4 is 5.32 Å². The van der Waals surface area contributed by atoms with Gasteiger partial charge in [0, 0.05) is 12.3 Å². The Morgan fingerprint density at radius 1 is 1.20 bits per heavy atom. The van der Waals surface area contributed by atoms with E-state index in [-0.39, 0.29) is 0 Å². The highest BCUT2D eigenvalue weighted by atomic mass is 35.5. The van der Waals surface area contributed by atoms with Crippen molar-refractivity contribution in [2.45, 2.75) is 6.54 Å². The summed E-state index contributed by atoms with van der Waals surface area (Å²) >= 11 is 5.72. The Kier molecular flexibility index (Phi) is 3.09. The second-order valence-corrected chi connectivity index (χ2v) is 3.29. The third kappa shape index (κ3) is 2.89. The number of anilines is 1. The highest BCUT2D eigenvalue weighted by Crippen LogP contribution is 2.09. The van der Waals surface area contributed by atoms with Gasteiger partial charge in [0.05, 0.1) is 12.2 Å². The number of pyridine rings is 1. The van der Waals surface area contributed by atoms with E-state index in [0.717, 1.165) is 5.69 Å². The largest absolute Gasteiger partial charge is 0.364 e. The molecule has 2 aromatic rings. The Morgan fingerprint density at radius 3 is 2.87 bits per heavy atom. The van der Waals surface area contributed by atoms with Crippen molar-refractivity contribution in [1.29, 1.82) is 0 Å². The van der Waals surface area contributed by atoms with Crippen molar-refractivity contribution in [3.63, 3.8) is 0 Å². The minimum absolute atomic E-state index is 0.425. The highest BCUT2D eigenvalue weighted by Gasteiger charge is 1.96. The van der Waals surface area contributed by atoms with E-state index in [1.165, 1.54) is 6.33 Å². The van der Waals surface area contributed by atoms with Crippen LogP contribution in [0.2, 0.25) is 5.15 Å². The number of halogens is 1. The van der Waals surface area contributed by atoms with E-state index in [1.807, 2.05) is 18.2 Å². The first kappa shape index (κ1) is 9.86. The zero-order valence-corrected chi connectivity index (χ0v) is 8.65. The van der Waals surface area contributed by atoms with Gasteiger partial charge in [-0.15, -0.1) is 0 Å². The van der Waals surface area contributed by atoms with Crippen LogP contribution in [0.3, 0.4) is 0 Å². The van der Waals surface area contributed by atoms with E-state index in [0.29, 0.717) is 17.5 Å². The molecule has 0 aromatic carbocycles. The van der Waals surface area contributed by atoms with Gasteiger partial charge in [-0.3, -0.25) is 4.98 Å². The van der Waals surface area contributed by atoms with Gasteiger partial charge in [0.2, 0.25) is 0 Å². The molecule has 0 aliphatic rings. The van der Waals surface area contributed by atoms with E-state index in [9.17, 15) is 0 Å². The van der Waals surface area contributed by atoms with E-state index in [1.54, 1.807) is 12.3 Å². The first-order valence-corrected chi connectivity index (χ1v) is 4.84. The second kappa shape index (κ2) is 4.70. The molecule has 0 unspecified atom stereocenters. The molecule has 0 aliphatic carbocycles. The number of nitrogens with one attached hydrogen (secondary N) is 1. The molecule has 1 N–H and O–H groups in total. The predicted molar refractivity (Wildman–Crippen MR) is 58.6 cm³/mol. The molecule has 2 rings (SSSR count). The summed E-state index contributed by atoms with van der Waals surface area (Å²) in [5, 5.41) is 3.53. The summed E-state index contributed by atoms with van der Waals surface area (Å²) in [4.78, 5) is 12.0. The predicted octanol–water partition coefficient (Wildman–Crippen LogP) is 2.14. The van der Waals surface area contributed by atoms with Crippen molar-refractivity contribution in [1.82, 2.24) is 15.0 Å². The fourth-order valence-electron chi connectivity index (χ4n) is 1.11. The third-order valence-electron chi connectivity index (χ3n) is 1.81. The summed E-state index contributed by atoms with van der Waals surface area (Å²) in [5.41, 5.74) is 0.951. The van der Waals surface area contributed by atoms with Crippen LogP contribution in [0.1, 0.15) is 5.69 Å². The van der Waals surface area contributed by atoms with Crippen LogP contribution >= 0.6 is 11.6 Å². The summed E-state index contributed by atoms with van der Waals surface area (Å²) in [5.74, 6) is 0.695. The van der Waals surface area contributed by atoms with Crippen LogP contribution in [-0.4, -0.2) is 15.0 Å². The highest BCUT2D eigenvalue weighted by molar-refractivity contribution is 6.29. The lowest BCUT2D eigenvalue weighted by atomic mass is 10.3. The average Bonchev–Trinajstić information content (AvgIpc) is 2.28. The molecule has 2 aromatic heterocycles. The monoisotopic (exact) mass is 220 g/mol. The summed E-state index contributed by atoms with van der Waals surface area (Å²) in [6, 6.07) is 7.43. The molecule has 0 amide bonds. The minimum Gasteiger partial charge on any atom is -0.364 e. The summed E-state index contributed by atoms with van der Waals surface area (Å²) in [6.07, 6.45) is 3.17. The molecule has 15 heavy (non-hydrogen) atoms. The third-order valence-corrected chi connectivity index (χ3v) is 2.02. The van der Waals surface area contributed by atoms with Crippen molar-refractivity contribution >= 4 is 17.4 Å². The molecule has 76 valence electrons. The van der Waals surface area contributed by atoms with Crippen molar-refractivity contribution in [2.24, 2.45) is 0 Å². The van der Waals surface area contributed by atoms with Gasteiger partial charge in [0.15, 0.2) is 0 Å². The molecule has 4 nitrogen and oxygen atoms in total. The number of rotatable bonds is 3. The van der Waals surface area contributed by atoms with Crippen molar-refractivity contribution in [2.75, 3.05) is 5.32 Å². The van der Waals surface area contributed by atoms with Crippen molar-refractivity contribution < 1.29 is 0 Å². The molecular formula is C10H9ClN4.